The fraction of sp³-hybridized carbons (Fsp3) is 0.0556. The average molecular weight is 495 g/mol. The molecule has 1 aromatic heterocycles. The van der Waals surface area contributed by atoms with Crippen molar-refractivity contribution < 1.29 is 9.53 Å². The lowest BCUT2D eigenvalue weighted by atomic mass is 10.2. The summed E-state index contributed by atoms with van der Waals surface area (Å²) in [5, 5.41) is 8.38. The van der Waals surface area contributed by atoms with E-state index in [1.165, 1.54) is 11.3 Å². The number of carbonyl (C=O) groups excluding carboxylic acids is 1. The van der Waals surface area contributed by atoms with Crippen LogP contribution in [0.25, 0.3) is 11.3 Å². The lowest BCUT2D eigenvalue weighted by Gasteiger charge is -2.08. The van der Waals surface area contributed by atoms with Gasteiger partial charge in [0.05, 0.1) is 18.4 Å². The minimum Gasteiger partial charge on any atom is -0.497 e. The number of thiocarbonyl (C=S) groups is 1. The summed E-state index contributed by atoms with van der Waals surface area (Å²) < 4.78 is 6.02. The Morgan fingerprint density at radius 3 is 2.62 bits per heavy atom. The van der Waals surface area contributed by atoms with Crippen LogP contribution in [0.5, 0.6) is 5.75 Å². The molecule has 0 atom stereocenters. The molecule has 0 fully saturated rings. The zero-order valence-electron chi connectivity index (χ0n) is 13.7. The molecule has 0 spiro atoms. The third-order valence-corrected chi connectivity index (χ3v) is 5.36. The summed E-state index contributed by atoms with van der Waals surface area (Å²) in [6, 6.07) is 15.0. The largest absolute Gasteiger partial charge is 0.497 e. The monoisotopic (exact) mass is 495 g/mol. The van der Waals surface area contributed by atoms with Crippen LogP contribution in [0.15, 0.2) is 53.9 Å². The number of anilines is 1. The van der Waals surface area contributed by atoms with Crippen LogP contribution in [0.4, 0.5) is 5.13 Å². The number of nitrogens with one attached hydrogen (secondary N) is 2. The second-order valence-electron chi connectivity index (χ2n) is 5.15. The Kier molecular flexibility index (Phi) is 6.17. The number of halogens is 1. The van der Waals surface area contributed by atoms with E-state index in [9.17, 15) is 4.79 Å². The Balaban J connectivity index is 1.64. The molecule has 3 rings (SSSR count). The van der Waals surface area contributed by atoms with Crippen LogP contribution in [-0.2, 0) is 0 Å². The van der Waals surface area contributed by atoms with Gasteiger partial charge < -0.3 is 10.1 Å². The number of aromatic nitrogens is 1. The van der Waals surface area contributed by atoms with Gasteiger partial charge in [0.1, 0.15) is 5.75 Å². The average Bonchev–Trinajstić information content (AvgIpc) is 3.10. The normalized spacial score (nSPS) is 10.2. The summed E-state index contributed by atoms with van der Waals surface area (Å²) in [6.07, 6.45) is 0. The minimum absolute atomic E-state index is 0.213. The number of rotatable bonds is 4. The summed E-state index contributed by atoms with van der Waals surface area (Å²) in [4.78, 5) is 16.8. The van der Waals surface area contributed by atoms with E-state index in [1.807, 2.05) is 47.8 Å². The van der Waals surface area contributed by atoms with E-state index in [1.54, 1.807) is 13.2 Å². The highest BCUT2D eigenvalue weighted by atomic mass is 127. The van der Waals surface area contributed by atoms with Gasteiger partial charge in [-0.2, -0.15) is 0 Å². The molecule has 0 aliphatic carbocycles. The first-order valence-corrected chi connectivity index (χ1v) is 9.90. The molecule has 0 aliphatic heterocycles. The van der Waals surface area contributed by atoms with E-state index < -0.39 is 0 Å². The second kappa shape index (κ2) is 8.56. The van der Waals surface area contributed by atoms with Crippen LogP contribution in [0, 0.1) is 3.57 Å². The molecule has 1 amide bonds. The van der Waals surface area contributed by atoms with E-state index in [-0.39, 0.29) is 11.0 Å². The molecule has 8 heteroatoms. The van der Waals surface area contributed by atoms with Crippen LogP contribution < -0.4 is 15.4 Å². The van der Waals surface area contributed by atoms with Gasteiger partial charge in [0.2, 0.25) is 0 Å². The minimum atomic E-state index is -0.251. The Morgan fingerprint density at radius 1 is 1.19 bits per heavy atom. The van der Waals surface area contributed by atoms with Crippen molar-refractivity contribution in [3.8, 4) is 17.0 Å². The first kappa shape index (κ1) is 18.7. The number of hydrogen-bond acceptors (Lipinski definition) is 5. The predicted octanol–water partition coefficient (Wildman–Crippen LogP) is 4.55. The highest BCUT2D eigenvalue weighted by Crippen LogP contribution is 2.26. The maximum atomic E-state index is 12.3. The summed E-state index contributed by atoms with van der Waals surface area (Å²) in [5.74, 6) is 0.543. The molecule has 2 N–H and O–H groups in total. The van der Waals surface area contributed by atoms with Crippen molar-refractivity contribution >= 4 is 62.3 Å². The van der Waals surface area contributed by atoms with Crippen molar-refractivity contribution in [2.45, 2.75) is 0 Å². The number of carbonyl (C=O) groups is 1. The molecule has 0 aliphatic rings. The van der Waals surface area contributed by atoms with Crippen molar-refractivity contribution in [1.82, 2.24) is 10.3 Å². The third-order valence-electron chi connectivity index (χ3n) is 3.46. The van der Waals surface area contributed by atoms with Gasteiger partial charge >= 0.3 is 0 Å². The highest BCUT2D eigenvalue weighted by molar-refractivity contribution is 14.1. The van der Waals surface area contributed by atoms with Crippen LogP contribution in [0.3, 0.4) is 0 Å². The van der Waals surface area contributed by atoms with Crippen molar-refractivity contribution in [3.63, 3.8) is 0 Å². The number of thiazole rings is 1. The van der Waals surface area contributed by atoms with Gasteiger partial charge in [0.25, 0.3) is 5.91 Å². The third kappa shape index (κ3) is 4.57. The zero-order chi connectivity index (χ0) is 18.5. The molecular formula is C18H14IN3O2S2. The fourth-order valence-electron chi connectivity index (χ4n) is 2.17. The second-order valence-corrected chi connectivity index (χ2v) is 7.58. The smallest absolute Gasteiger partial charge is 0.258 e. The Morgan fingerprint density at radius 2 is 1.92 bits per heavy atom. The van der Waals surface area contributed by atoms with E-state index >= 15 is 0 Å². The predicted molar refractivity (Wildman–Crippen MR) is 117 cm³/mol. The Hall–Kier alpha value is -2.04. The lowest BCUT2D eigenvalue weighted by molar-refractivity contribution is 0.0977. The van der Waals surface area contributed by atoms with Gasteiger partial charge in [-0.25, -0.2) is 4.98 Å². The molecule has 26 heavy (non-hydrogen) atoms. The Labute approximate surface area is 173 Å². The summed E-state index contributed by atoms with van der Waals surface area (Å²) in [6.45, 7) is 0. The number of nitrogens with zero attached hydrogens (tertiary/aromatic N) is 1. The van der Waals surface area contributed by atoms with E-state index in [0.29, 0.717) is 10.7 Å². The number of benzene rings is 2. The molecular weight excluding hydrogens is 481 g/mol. The number of ether oxygens (including phenoxy) is 1. The van der Waals surface area contributed by atoms with Gasteiger partial charge in [-0.3, -0.25) is 10.1 Å². The summed E-state index contributed by atoms with van der Waals surface area (Å²) in [7, 11) is 1.63. The van der Waals surface area contributed by atoms with Crippen molar-refractivity contribution in [2.24, 2.45) is 0 Å². The zero-order valence-corrected chi connectivity index (χ0v) is 17.4. The van der Waals surface area contributed by atoms with Gasteiger partial charge in [0.15, 0.2) is 10.2 Å². The summed E-state index contributed by atoms with van der Waals surface area (Å²) in [5.41, 5.74) is 2.38. The van der Waals surface area contributed by atoms with Crippen molar-refractivity contribution in [3.05, 3.63) is 63.0 Å². The molecule has 1 heterocycles. The summed E-state index contributed by atoms with van der Waals surface area (Å²) >= 11 is 8.75. The first-order valence-electron chi connectivity index (χ1n) is 7.53. The van der Waals surface area contributed by atoms with Crippen LogP contribution in [0.2, 0.25) is 0 Å². The van der Waals surface area contributed by atoms with E-state index in [4.69, 9.17) is 17.0 Å². The van der Waals surface area contributed by atoms with Gasteiger partial charge in [-0.1, -0.05) is 12.1 Å². The molecule has 2 aromatic carbocycles. The van der Waals surface area contributed by atoms with Crippen LogP contribution in [-0.4, -0.2) is 23.1 Å². The van der Waals surface area contributed by atoms with Gasteiger partial charge in [-0.15, -0.1) is 11.3 Å². The maximum Gasteiger partial charge on any atom is 0.258 e. The van der Waals surface area contributed by atoms with Crippen LogP contribution in [0.1, 0.15) is 10.4 Å². The Bertz CT molecular complexity index is 942. The molecule has 0 saturated heterocycles. The van der Waals surface area contributed by atoms with Crippen molar-refractivity contribution in [2.75, 3.05) is 12.4 Å². The van der Waals surface area contributed by atoms with Gasteiger partial charge in [0, 0.05) is 14.5 Å². The number of hydrogen-bond donors (Lipinski definition) is 2. The quantitative estimate of drug-likeness (QED) is 0.411. The number of amides is 1. The molecule has 132 valence electrons. The maximum absolute atomic E-state index is 12.3. The first-order chi connectivity index (χ1) is 12.6. The molecule has 3 aromatic rings. The van der Waals surface area contributed by atoms with Gasteiger partial charge in [-0.05, 0) is 71.2 Å². The molecule has 0 radical (unpaired) electrons. The topological polar surface area (TPSA) is 63.2 Å². The highest BCUT2D eigenvalue weighted by Gasteiger charge is 2.12. The molecule has 0 saturated carbocycles. The SMILES string of the molecule is COc1ccc(-c2csc(NC(=S)NC(=O)c3ccccc3I)n2)cc1. The standard InChI is InChI=1S/C18H14IN3O2S2/c1-24-12-8-6-11(7-9-12)15-10-26-18(20-15)22-17(25)21-16(23)13-4-2-3-5-14(13)19/h2-10H,1H3,(H2,20,21,22,23,25). The number of methoxy groups -OCH3 is 1. The van der Waals surface area contributed by atoms with E-state index in [2.05, 4.69) is 38.2 Å². The lowest BCUT2D eigenvalue weighted by Crippen LogP contribution is -2.34. The van der Waals surface area contributed by atoms with Crippen molar-refractivity contribution in [1.29, 1.82) is 0 Å². The molecule has 0 unspecified atom stereocenters. The molecule has 0 bridgehead atoms. The van der Waals surface area contributed by atoms with E-state index in [0.717, 1.165) is 20.6 Å². The fourth-order valence-corrected chi connectivity index (χ4v) is 3.78. The molecule has 5 nitrogen and oxygen atoms in total. The van der Waals surface area contributed by atoms with Crippen LogP contribution >= 0.6 is 46.1 Å².